The molecule has 0 unspecified atom stereocenters. The summed E-state index contributed by atoms with van der Waals surface area (Å²) in [6.07, 6.45) is 1.09. The van der Waals surface area contributed by atoms with Crippen molar-refractivity contribution >= 4 is 17.5 Å². The minimum absolute atomic E-state index is 0.000460. The highest BCUT2D eigenvalue weighted by molar-refractivity contribution is 6.04. The third-order valence-corrected chi connectivity index (χ3v) is 5.66. The number of aryl methyl sites for hydroxylation is 2. The Bertz CT molecular complexity index is 1110. The minimum Gasteiger partial charge on any atom is -0.352 e. The van der Waals surface area contributed by atoms with Crippen LogP contribution in [-0.2, 0) is 24.3 Å². The maximum Gasteiger partial charge on any atom is 0.255 e. The monoisotopic (exact) mass is 446 g/mol. The molecular weight excluding hydrogens is 412 g/mol. The molecule has 0 aliphatic carbocycles. The van der Waals surface area contributed by atoms with Crippen molar-refractivity contribution in [3.05, 3.63) is 82.2 Å². The molecule has 33 heavy (non-hydrogen) atoms. The van der Waals surface area contributed by atoms with Gasteiger partial charge in [0.2, 0.25) is 5.91 Å². The van der Waals surface area contributed by atoms with E-state index in [1.165, 1.54) is 0 Å². The smallest absolute Gasteiger partial charge is 0.255 e. The van der Waals surface area contributed by atoms with Gasteiger partial charge in [0.05, 0.1) is 5.69 Å². The quantitative estimate of drug-likeness (QED) is 0.487. The van der Waals surface area contributed by atoms with E-state index in [9.17, 15) is 9.59 Å². The number of nitrogens with one attached hydrogen (secondary N) is 2. The van der Waals surface area contributed by atoms with Crippen molar-refractivity contribution in [3.63, 3.8) is 0 Å². The van der Waals surface area contributed by atoms with Crippen LogP contribution in [0.5, 0.6) is 0 Å². The number of carbonyl (C=O) groups excluding carboxylic acids is 2. The first kappa shape index (κ1) is 24.2. The van der Waals surface area contributed by atoms with Crippen molar-refractivity contribution < 1.29 is 9.59 Å². The molecular formula is C27H34N4O2. The van der Waals surface area contributed by atoms with E-state index in [1.54, 1.807) is 0 Å². The number of hydrogen-bond acceptors (Lipinski definition) is 3. The topological polar surface area (TPSA) is 76.0 Å². The normalized spacial score (nSPS) is 11.0. The van der Waals surface area contributed by atoms with Crippen molar-refractivity contribution in [1.82, 2.24) is 15.1 Å². The molecule has 0 atom stereocenters. The second-order valence-corrected chi connectivity index (χ2v) is 9.02. The zero-order valence-electron chi connectivity index (χ0n) is 20.2. The molecule has 2 N–H and O–H groups in total. The Balaban J connectivity index is 1.52. The van der Waals surface area contributed by atoms with E-state index >= 15 is 0 Å². The van der Waals surface area contributed by atoms with E-state index < -0.39 is 0 Å². The second-order valence-electron chi connectivity index (χ2n) is 9.02. The zero-order valence-corrected chi connectivity index (χ0v) is 20.2. The summed E-state index contributed by atoms with van der Waals surface area (Å²) >= 11 is 0. The number of rotatable bonds is 9. The standard InChI is InChI=1S/C27H34N4O2/c1-18(2)17-31-21(5)25(20(4)30-31)13-14-26(32)28-16-22-7-6-8-24(15-22)29-27(33)23-11-9-19(3)10-12-23/h6-12,15,18H,13-14,16-17H2,1-5H3,(H,28,32)(H,29,33). The highest BCUT2D eigenvalue weighted by Gasteiger charge is 2.14. The van der Waals surface area contributed by atoms with Gasteiger partial charge in [-0.1, -0.05) is 43.7 Å². The van der Waals surface area contributed by atoms with Crippen LogP contribution in [0, 0.1) is 26.7 Å². The van der Waals surface area contributed by atoms with Gasteiger partial charge >= 0.3 is 0 Å². The SMILES string of the molecule is Cc1ccc(C(=O)Nc2cccc(CNC(=O)CCc3c(C)nn(CC(C)C)c3C)c2)cc1. The van der Waals surface area contributed by atoms with Crippen molar-refractivity contribution in [2.45, 2.75) is 60.5 Å². The summed E-state index contributed by atoms with van der Waals surface area (Å²) in [5.74, 6) is 0.371. The van der Waals surface area contributed by atoms with Crippen molar-refractivity contribution in [3.8, 4) is 0 Å². The molecule has 0 aliphatic rings. The summed E-state index contributed by atoms with van der Waals surface area (Å²) in [7, 11) is 0. The number of aromatic nitrogens is 2. The van der Waals surface area contributed by atoms with Crippen LogP contribution in [0.25, 0.3) is 0 Å². The third-order valence-electron chi connectivity index (χ3n) is 5.66. The molecule has 174 valence electrons. The lowest BCUT2D eigenvalue weighted by atomic mass is 10.1. The molecule has 0 fully saturated rings. The zero-order chi connectivity index (χ0) is 24.0. The van der Waals surface area contributed by atoms with Gasteiger partial charge in [-0.3, -0.25) is 14.3 Å². The van der Waals surface area contributed by atoms with Crippen molar-refractivity contribution in [2.75, 3.05) is 5.32 Å². The highest BCUT2D eigenvalue weighted by Crippen LogP contribution is 2.17. The van der Waals surface area contributed by atoms with Gasteiger partial charge in [0.15, 0.2) is 0 Å². The van der Waals surface area contributed by atoms with Gasteiger partial charge in [0.1, 0.15) is 0 Å². The van der Waals surface area contributed by atoms with E-state index in [1.807, 2.05) is 67.1 Å². The van der Waals surface area contributed by atoms with Crippen LogP contribution in [0.3, 0.4) is 0 Å². The van der Waals surface area contributed by atoms with Crippen molar-refractivity contribution in [1.29, 1.82) is 0 Å². The van der Waals surface area contributed by atoms with Crippen LogP contribution in [0.15, 0.2) is 48.5 Å². The Morgan fingerprint density at radius 3 is 2.45 bits per heavy atom. The summed E-state index contributed by atoms with van der Waals surface area (Å²) in [6, 6.07) is 15.0. The second kappa shape index (κ2) is 10.9. The largest absolute Gasteiger partial charge is 0.352 e. The fourth-order valence-electron chi connectivity index (χ4n) is 3.81. The molecule has 0 bridgehead atoms. The van der Waals surface area contributed by atoms with Crippen LogP contribution in [0.2, 0.25) is 0 Å². The number of carbonyl (C=O) groups is 2. The molecule has 3 aromatic rings. The van der Waals surface area contributed by atoms with Crippen molar-refractivity contribution in [2.24, 2.45) is 5.92 Å². The number of nitrogens with zero attached hydrogens (tertiary/aromatic N) is 2. The number of hydrogen-bond donors (Lipinski definition) is 2. The highest BCUT2D eigenvalue weighted by atomic mass is 16.2. The van der Waals surface area contributed by atoms with Crippen LogP contribution < -0.4 is 10.6 Å². The van der Waals surface area contributed by atoms with Gasteiger partial charge in [-0.25, -0.2) is 0 Å². The Hall–Kier alpha value is -3.41. The molecule has 0 saturated carbocycles. The summed E-state index contributed by atoms with van der Waals surface area (Å²) in [4.78, 5) is 24.9. The van der Waals surface area contributed by atoms with E-state index in [0.29, 0.717) is 36.6 Å². The predicted octanol–water partition coefficient (Wildman–Crippen LogP) is 4.97. The molecule has 0 aliphatic heterocycles. The molecule has 6 nitrogen and oxygen atoms in total. The minimum atomic E-state index is -0.153. The van der Waals surface area contributed by atoms with Gasteiger partial charge in [-0.05, 0) is 68.5 Å². The van der Waals surface area contributed by atoms with Crippen LogP contribution >= 0.6 is 0 Å². The summed E-state index contributed by atoms with van der Waals surface area (Å²) < 4.78 is 2.05. The number of anilines is 1. The Morgan fingerprint density at radius 2 is 1.76 bits per heavy atom. The first-order valence-corrected chi connectivity index (χ1v) is 11.5. The molecule has 1 aromatic heterocycles. The molecule has 0 radical (unpaired) electrons. The first-order chi connectivity index (χ1) is 15.7. The Labute approximate surface area is 196 Å². The summed E-state index contributed by atoms with van der Waals surface area (Å²) in [5, 5.41) is 10.5. The van der Waals surface area contributed by atoms with Gasteiger partial charge in [0, 0.05) is 36.5 Å². The van der Waals surface area contributed by atoms with Crippen LogP contribution in [0.4, 0.5) is 5.69 Å². The fourth-order valence-corrected chi connectivity index (χ4v) is 3.81. The first-order valence-electron chi connectivity index (χ1n) is 11.5. The average molecular weight is 447 g/mol. The lowest BCUT2D eigenvalue weighted by Gasteiger charge is -2.10. The predicted molar refractivity (Wildman–Crippen MR) is 132 cm³/mol. The fraction of sp³-hybridized carbons (Fsp3) is 0.370. The molecule has 0 saturated heterocycles. The lowest BCUT2D eigenvalue weighted by Crippen LogP contribution is -2.23. The number of amides is 2. The van der Waals surface area contributed by atoms with Crippen LogP contribution in [-0.4, -0.2) is 21.6 Å². The molecule has 2 amide bonds. The van der Waals surface area contributed by atoms with Gasteiger partial charge in [0.25, 0.3) is 5.91 Å². The van der Waals surface area contributed by atoms with Gasteiger partial charge < -0.3 is 10.6 Å². The van der Waals surface area contributed by atoms with Gasteiger partial charge in [-0.2, -0.15) is 5.10 Å². The van der Waals surface area contributed by atoms with E-state index in [2.05, 4.69) is 36.5 Å². The summed E-state index contributed by atoms with van der Waals surface area (Å²) in [5.41, 5.74) is 6.66. The molecule has 6 heteroatoms. The average Bonchev–Trinajstić information content (AvgIpc) is 3.03. The molecule has 2 aromatic carbocycles. The molecule has 0 spiro atoms. The maximum absolute atomic E-state index is 12.5. The van der Waals surface area contributed by atoms with E-state index in [4.69, 9.17) is 0 Å². The maximum atomic E-state index is 12.5. The summed E-state index contributed by atoms with van der Waals surface area (Å²) in [6.45, 7) is 11.7. The number of benzene rings is 2. The van der Waals surface area contributed by atoms with E-state index in [-0.39, 0.29) is 11.8 Å². The van der Waals surface area contributed by atoms with Gasteiger partial charge in [-0.15, -0.1) is 0 Å². The Kier molecular flexibility index (Phi) is 8.04. The Morgan fingerprint density at radius 1 is 1.03 bits per heavy atom. The van der Waals surface area contributed by atoms with E-state index in [0.717, 1.165) is 34.6 Å². The lowest BCUT2D eigenvalue weighted by molar-refractivity contribution is -0.121. The third kappa shape index (κ3) is 6.78. The van der Waals surface area contributed by atoms with Crippen LogP contribution in [0.1, 0.15) is 58.7 Å². The molecule has 3 rings (SSSR count). The molecule has 1 heterocycles.